The number of ether oxygens (including phenoxy) is 1. The number of carbonyl (C=O) groups is 1. The Morgan fingerprint density at radius 3 is 1.63 bits per heavy atom. The Bertz CT molecular complexity index is 524. The van der Waals surface area contributed by atoms with Gasteiger partial charge >= 0.3 is 5.97 Å². The second-order valence-corrected chi connectivity index (χ2v) is 17.7. The number of unbranched alkanes of at least 4 members (excludes halogenated alkanes) is 11. The lowest BCUT2D eigenvalue weighted by atomic mass is 9.86. The van der Waals surface area contributed by atoms with Gasteiger partial charge < -0.3 is 9.16 Å². The van der Waals surface area contributed by atoms with Gasteiger partial charge in [0.25, 0.3) is 0 Å². The van der Waals surface area contributed by atoms with E-state index < -0.39 is 8.32 Å². The van der Waals surface area contributed by atoms with Crippen LogP contribution in [-0.2, 0) is 14.0 Å². The quantitative estimate of drug-likeness (QED) is 0.0825. The van der Waals surface area contributed by atoms with Gasteiger partial charge in [0.2, 0.25) is 8.32 Å². The highest BCUT2D eigenvalue weighted by Gasteiger charge is 2.48. The number of hydrogen-bond acceptors (Lipinski definition) is 3. The normalized spacial score (nSPS) is 19.5. The van der Waals surface area contributed by atoms with Crippen LogP contribution in [0.4, 0.5) is 0 Å². The number of esters is 1. The van der Waals surface area contributed by atoms with E-state index in [1.54, 1.807) is 0 Å². The van der Waals surface area contributed by atoms with Crippen molar-refractivity contribution in [3.8, 4) is 0 Å². The highest BCUT2D eigenvalue weighted by atomic mass is 28.4. The van der Waals surface area contributed by atoms with Gasteiger partial charge in [-0.2, -0.15) is 0 Å². The van der Waals surface area contributed by atoms with Crippen molar-refractivity contribution in [3.05, 3.63) is 0 Å². The summed E-state index contributed by atoms with van der Waals surface area (Å²) in [6.07, 6.45) is 20.4. The minimum Gasteiger partial charge on any atom is -0.461 e. The van der Waals surface area contributed by atoms with E-state index in [1.165, 1.54) is 77.0 Å². The van der Waals surface area contributed by atoms with Gasteiger partial charge in [-0.15, -0.1) is 0 Å². The van der Waals surface area contributed by atoms with Gasteiger partial charge in [-0.25, -0.2) is 0 Å². The summed E-state index contributed by atoms with van der Waals surface area (Å²) >= 11 is 0. The largest absolute Gasteiger partial charge is 0.461 e. The fourth-order valence-corrected chi connectivity index (χ4v) is 12.2. The first-order chi connectivity index (χ1) is 16.7. The van der Waals surface area contributed by atoms with E-state index in [0.717, 1.165) is 25.7 Å². The molecule has 1 rings (SSSR count). The molecule has 0 amide bonds. The maximum atomic E-state index is 12.3. The van der Waals surface area contributed by atoms with Gasteiger partial charge in [0.15, 0.2) is 0 Å². The maximum absolute atomic E-state index is 12.3. The molecular formula is C31H62O3Si. The molecule has 3 nitrogen and oxygen atoms in total. The molecule has 0 aromatic rings. The Labute approximate surface area is 221 Å². The topological polar surface area (TPSA) is 35.5 Å². The average Bonchev–Trinajstić information content (AvgIpc) is 2.79. The molecule has 0 unspecified atom stereocenters. The van der Waals surface area contributed by atoms with Gasteiger partial charge in [-0.1, -0.05) is 139 Å². The Morgan fingerprint density at radius 1 is 0.714 bits per heavy atom. The summed E-state index contributed by atoms with van der Waals surface area (Å²) in [6, 6.07) is 0. The zero-order chi connectivity index (χ0) is 26.3. The minimum absolute atomic E-state index is 0.0356. The third kappa shape index (κ3) is 10.9. The standard InChI is InChI=1S/C31H62O3Si/c1-9-11-13-15-16-17-18-19-20-22-28(34-35(25(3)4,26(5)6)27(7)8)24-30-29(31(32)33-30)23-21-14-12-10-2/h25-30H,9-24H2,1-8H3/t28-,29+,30+/m1/s1. The molecule has 35 heavy (non-hydrogen) atoms. The van der Waals surface area contributed by atoms with E-state index in [0.29, 0.717) is 16.6 Å². The van der Waals surface area contributed by atoms with Crippen LogP contribution in [0.3, 0.4) is 0 Å². The Morgan fingerprint density at radius 2 is 1.17 bits per heavy atom. The van der Waals surface area contributed by atoms with Crippen LogP contribution in [0.1, 0.15) is 158 Å². The van der Waals surface area contributed by atoms with E-state index in [4.69, 9.17) is 9.16 Å². The van der Waals surface area contributed by atoms with Gasteiger partial charge in [-0.3, -0.25) is 4.79 Å². The van der Waals surface area contributed by atoms with E-state index >= 15 is 0 Å². The summed E-state index contributed by atoms with van der Waals surface area (Å²) in [5.74, 6) is 0.141. The summed E-state index contributed by atoms with van der Waals surface area (Å²) in [4.78, 5) is 12.3. The molecule has 0 bridgehead atoms. The van der Waals surface area contributed by atoms with Crippen LogP contribution in [0.15, 0.2) is 0 Å². The molecule has 0 aliphatic carbocycles. The lowest BCUT2D eigenvalue weighted by molar-refractivity contribution is -0.188. The smallest absolute Gasteiger partial charge is 0.313 e. The van der Waals surface area contributed by atoms with Gasteiger partial charge in [0.1, 0.15) is 6.10 Å². The van der Waals surface area contributed by atoms with Crippen molar-refractivity contribution in [1.29, 1.82) is 0 Å². The predicted octanol–water partition coefficient (Wildman–Crippen LogP) is 10.4. The summed E-state index contributed by atoms with van der Waals surface area (Å²) in [5.41, 5.74) is 1.76. The molecule has 0 spiro atoms. The van der Waals surface area contributed by atoms with E-state index in [1.807, 2.05) is 0 Å². The van der Waals surface area contributed by atoms with Gasteiger partial charge in [0, 0.05) is 12.5 Å². The Balaban J connectivity index is 2.72. The van der Waals surface area contributed by atoms with Crippen LogP contribution in [0, 0.1) is 5.92 Å². The average molecular weight is 511 g/mol. The molecule has 0 aromatic heterocycles. The molecule has 1 fully saturated rings. The van der Waals surface area contributed by atoms with Crippen molar-refractivity contribution < 1.29 is 14.0 Å². The van der Waals surface area contributed by atoms with Crippen LogP contribution >= 0.6 is 0 Å². The van der Waals surface area contributed by atoms with Crippen molar-refractivity contribution in [1.82, 2.24) is 0 Å². The molecule has 3 atom stereocenters. The van der Waals surface area contributed by atoms with Crippen molar-refractivity contribution >= 4 is 14.3 Å². The molecule has 4 heteroatoms. The molecule has 1 aliphatic heterocycles. The second kappa shape index (κ2) is 18.0. The molecule has 0 saturated carbocycles. The highest BCUT2D eigenvalue weighted by molar-refractivity contribution is 6.77. The molecule has 1 heterocycles. The number of cyclic esters (lactones) is 1. The summed E-state index contributed by atoms with van der Waals surface area (Å²) in [6.45, 7) is 18.8. The van der Waals surface area contributed by atoms with Crippen molar-refractivity contribution in [2.75, 3.05) is 0 Å². The van der Waals surface area contributed by atoms with E-state index in [2.05, 4.69) is 55.4 Å². The van der Waals surface area contributed by atoms with Crippen molar-refractivity contribution in [2.24, 2.45) is 5.92 Å². The summed E-state index contributed by atoms with van der Waals surface area (Å²) in [7, 11) is -1.96. The Hall–Kier alpha value is -0.353. The first-order valence-corrected chi connectivity index (χ1v) is 17.7. The zero-order valence-corrected chi connectivity index (χ0v) is 26.0. The van der Waals surface area contributed by atoms with Gasteiger partial charge in [0.05, 0.1) is 5.92 Å². The molecule has 0 aromatic carbocycles. The fourth-order valence-electron chi connectivity index (χ4n) is 6.57. The Kier molecular flexibility index (Phi) is 16.8. The predicted molar refractivity (Wildman–Crippen MR) is 155 cm³/mol. The van der Waals surface area contributed by atoms with Crippen LogP contribution in [0.25, 0.3) is 0 Å². The van der Waals surface area contributed by atoms with Crippen LogP contribution in [-0.4, -0.2) is 26.5 Å². The third-order valence-corrected chi connectivity index (χ3v) is 14.7. The number of rotatable bonds is 22. The SMILES string of the molecule is CCCCCCCCCCC[C@H](C[C@@H]1OC(=O)[C@H]1CCCCCC)O[Si](C(C)C)(C(C)C)C(C)C. The highest BCUT2D eigenvalue weighted by Crippen LogP contribution is 2.44. The molecule has 1 saturated heterocycles. The van der Waals surface area contributed by atoms with Crippen molar-refractivity contribution in [3.63, 3.8) is 0 Å². The molecular weight excluding hydrogens is 448 g/mol. The lowest BCUT2D eigenvalue weighted by Gasteiger charge is -2.46. The minimum atomic E-state index is -1.96. The molecule has 208 valence electrons. The molecule has 1 aliphatic rings. The van der Waals surface area contributed by atoms with Crippen molar-refractivity contribution in [2.45, 2.75) is 187 Å². The number of carbonyl (C=O) groups excluding carboxylic acids is 1. The summed E-state index contributed by atoms with van der Waals surface area (Å²) in [5, 5.41) is 0. The van der Waals surface area contributed by atoms with Crippen LogP contribution in [0.5, 0.6) is 0 Å². The monoisotopic (exact) mass is 510 g/mol. The third-order valence-electron chi connectivity index (χ3n) is 8.59. The van der Waals surface area contributed by atoms with E-state index in [9.17, 15) is 4.79 Å². The van der Waals surface area contributed by atoms with Gasteiger partial charge in [-0.05, 0) is 29.5 Å². The molecule has 0 radical (unpaired) electrons. The van der Waals surface area contributed by atoms with E-state index in [-0.39, 0.29) is 24.1 Å². The maximum Gasteiger partial charge on any atom is 0.313 e. The second-order valence-electron chi connectivity index (χ2n) is 12.3. The number of hydrogen-bond donors (Lipinski definition) is 0. The molecule has 0 N–H and O–H groups in total. The first-order valence-electron chi connectivity index (χ1n) is 15.6. The first kappa shape index (κ1) is 32.7. The van der Waals surface area contributed by atoms with Crippen LogP contribution < -0.4 is 0 Å². The lowest BCUT2D eigenvalue weighted by Crippen LogP contribution is -2.52. The fraction of sp³-hybridized carbons (Fsp3) is 0.968. The zero-order valence-electron chi connectivity index (χ0n) is 25.0. The van der Waals surface area contributed by atoms with Crippen LogP contribution in [0.2, 0.25) is 16.6 Å². The summed E-state index contributed by atoms with van der Waals surface area (Å²) < 4.78 is 13.0.